The molecule has 2 aromatic heterocycles. The summed E-state index contributed by atoms with van der Waals surface area (Å²) in [6.45, 7) is 1.75. The molecule has 0 saturated heterocycles. The number of hydrogen-bond donors (Lipinski definition) is 1. The fourth-order valence-corrected chi connectivity index (χ4v) is 4.03. The molecule has 1 atom stereocenters. The van der Waals surface area contributed by atoms with Crippen LogP contribution in [0.25, 0.3) is 5.69 Å². The zero-order valence-electron chi connectivity index (χ0n) is 14.9. The van der Waals surface area contributed by atoms with E-state index in [1.807, 2.05) is 17.9 Å². The smallest absolute Gasteiger partial charge is 0.291 e. The van der Waals surface area contributed by atoms with Crippen LogP contribution in [0.15, 0.2) is 24.4 Å². The van der Waals surface area contributed by atoms with E-state index in [1.54, 1.807) is 25.1 Å². The molecule has 4 rings (SSSR count). The van der Waals surface area contributed by atoms with Crippen LogP contribution in [0.5, 0.6) is 0 Å². The number of nitrogens with one attached hydrogen (secondary N) is 1. The van der Waals surface area contributed by atoms with Crippen LogP contribution >= 0.6 is 23.2 Å². The number of carbonyl (C=O) groups is 1. The van der Waals surface area contributed by atoms with Gasteiger partial charge in [-0.25, -0.2) is 9.67 Å². The van der Waals surface area contributed by atoms with Gasteiger partial charge >= 0.3 is 0 Å². The molecule has 1 N–H and O–H groups in total. The second kappa shape index (κ2) is 6.98. The number of aromatic nitrogens is 5. The molecule has 0 saturated carbocycles. The van der Waals surface area contributed by atoms with Crippen molar-refractivity contribution in [1.29, 1.82) is 0 Å². The molecule has 1 aliphatic carbocycles. The predicted molar refractivity (Wildman–Crippen MR) is 102 cm³/mol. The first-order chi connectivity index (χ1) is 13.0. The van der Waals surface area contributed by atoms with E-state index in [0.717, 1.165) is 30.5 Å². The first-order valence-corrected chi connectivity index (χ1v) is 9.41. The van der Waals surface area contributed by atoms with Gasteiger partial charge in [0.25, 0.3) is 5.91 Å². The third kappa shape index (κ3) is 3.21. The predicted octanol–water partition coefficient (Wildman–Crippen LogP) is 3.42. The van der Waals surface area contributed by atoms with Gasteiger partial charge in [-0.15, -0.1) is 5.10 Å². The second-order valence-electron chi connectivity index (χ2n) is 6.55. The van der Waals surface area contributed by atoms with Crippen molar-refractivity contribution in [1.82, 2.24) is 29.9 Å². The van der Waals surface area contributed by atoms with Gasteiger partial charge in [-0.2, -0.15) is 5.10 Å². The van der Waals surface area contributed by atoms with Crippen LogP contribution in [0, 0.1) is 6.92 Å². The van der Waals surface area contributed by atoms with Gasteiger partial charge in [0.15, 0.2) is 0 Å². The monoisotopic (exact) mass is 404 g/mol. The molecule has 2 heterocycles. The summed E-state index contributed by atoms with van der Waals surface area (Å²) in [5.74, 6) is 0.280. The lowest BCUT2D eigenvalue weighted by Gasteiger charge is -2.23. The van der Waals surface area contributed by atoms with Crippen LogP contribution in [-0.4, -0.2) is 30.5 Å². The van der Waals surface area contributed by atoms with Crippen LogP contribution in [0.2, 0.25) is 10.0 Å². The highest BCUT2D eigenvalue weighted by Crippen LogP contribution is 2.30. The van der Waals surface area contributed by atoms with Gasteiger partial charge in [0.1, 0.15) is 11.5 Å². The first kappa shape index (κ1) is 18.0. The fourth-order valence-electron chi connectivity index (χ4n) is 3.47. The lowest BCUT2D eigenvalue weighted by Crippen LogP contribution is -2.31. The minimum atomic E-state index is -0.332. The lowest BCUT2D eigenvalue weighted by molar-refractivity contribution is 0.0922. The second-order valence-corrected chi connectivity index (χ2v) is 7.37. The van der Waals surface area contributed by atoms with Crippen molar-refractivity contribution in [3.63, 3.8) is 0 Å². The van der Waals surface area contributed by atoms with Crippen molar-refractivity contribution in [2.24, 2.45) is 7.05 Å². The van der Waals surface area contributed by atoms with E-state index in [2.05, 4.69) is 20.5 Å². The van der Waals surface area contributed by atoms with Crippen molar-refractivity contribution in [3.05, 3.63) is 57.3 Å². The Balaban J connectivity index is 1.61. The Bertz CT molecular complexity index is 1000. The van der Waals surface area contributed by atoms with E-state index in [1.165, 1.54) is 4.68 Å². The van der Waals surface area contributed by atoms with Crippen molar-refractivity contribution >= 4 is 29.1 Å². The zero-order chi connectivity index (χ0) is 19.1. The molecule has 1 amide bonds. The molecule has 0 spiro atoms. The van der Waals surface area contributed by atoms with Gasteiger partial charge in [-0.05, 0) is 38.3 Å². The number of halogens is 2. The summed E-state index contributed by atoms with van der Waals surface area (Å²) in [6, 6.07) is 5.10. The van der Waals surface area contributed by atoms with Crippen molar-refractivity contribution in [3.8, 4) is 5.69 Å². The Labute approximate surface area is 166 Å². The molecule has 0 aliphatic heterocycles. The Morgan fingerprint density at radius 3 is 2.78 bits per heavy atom. The highest BCUT2D eigenvalue weighted by molar-refractivity contribution is 6.37. The molecule has 0 radical (unpaired) electrons. The minimum Gasteiger partial charge on any atom is -0.342 e. The van der Waals surface area contributed by atoms with Gasteiger partial charge in [-0.1, -0.05) is 29.3 Å². The molecule has 1 unspecified atom stereocenters. The van der Waals surface area contributed by atoms with Gasteiger partial charge in [-0.3, -0.25) is 9.48 Å². The molecule has 0 fully saturated rings. The number of fused-ring (bicyclic) bond motifs is 1. The van der Waals surface area contributed by atoms with Crippen molar-refractivity contribution in [2.75, 3.05) is 0 Å². The molecule has 1 aliphatic rings. The number of nitrogens with zero attached hydrogens (tertiary/aromatic N) is 5. The molecule has 1 aromatic carbocycles. The number of rotatable bonds is 3. The summed E-state index contributed by atoms with van der Waals surface area (Å²) in [5, 5.41) is 12.5. The largest absolute Gasteiger partial charge is 0.342 e. The SMILES string of the molecule is Cc1nc(C(=O)NC2CCCc3c2cnn3C)nn1-c1c(Cl)cccc1Cl. The number of hydrogen-bond acceptors (Lipinski definition) is 4. The number of aryl methyl sites for hydroxylation is 2. The van der Waals surface area contributed by atoms with Crippen LogP contribution in [0.4, 0.5) is 0 Å². The maximum atomic E-state index is 12.8. The fraction of sp³-hybridized carbons (Fsp3) is 0.333. The van der Waals surface area contributed by atoms with E-state index in [0.29, 0.717) is 21.6 Å². The number of benzene rings is 1. The van der Waals surface area contributed by atoms with E-state index in [9.17, 15) is 4.79 Å². The number of para-hydroxylation sites is 1. The quantitative estimate of drug-likeness (QED) is 0.725. The molecular weight excluding hydrogens is 387 g/mol. The molecule has 0 bridgehead atoms. The standard InChI is InChI=1S/C18H18Cl2N6O/c1-10-22-17(24-26(10)16-12(19)5-3-6-13(16)20)18(27)23-14-7-4-8-15-11(14)9-21-25(15)2/h3,5-6,9,14H,4,7-8H2,1-2H3,(H,23,27). The number of carbonyl (C=O) groups excluding carboxylic acids is 1. The van der Waals surface area contributed by atoms with Gasteiger partial charge in [0, 0.05) is 18.3 Å². The van der Waals surface area contributed by atoms with Crippen LogP contribution in [0.1, 0.15) is 46.6 Å². The van der Waals surface area contributed by atoms with Crippen LogP contribution < -0.4 is 5.32 Å². The highest BCUT2D eigenvalue weighted by Gasteiger charge is 2.27. The average molecular weight is 405 g/mol. The molecule has 27 heavy (non-hydrogen) atoms. The summed E-state index contributed by atoms with van der Waals surface area (Å²) >= 11 is 12.5. The Kier molecular flexibility index (Phi) is 4.65. The Morgan fingerprint density at radius 1 is 1.30 bits per heavy atom. The van der Waals surface area contributed by atoms with Crippen LogP contribution in [-0.2, 0) is 13.5 Å². The van der Waals surface area contributed by atoms with Gasteiger partial charge < -0.3 is 5.32 Å². The summed E-state index contributed by atoms with van der Waals surface area (Å²) in [4.78, 5) is 17.1. The maximum absolute atomic E-state index is 12.8. The normalized spacial score (nSPS) is 16.2. The highest BCUT2D eigenvalue weighted by atomic mass is 35.5. The van der Waals surface area contributed by atoms with Gasteiger partial charge in [0.05, 0.1) is 22.3 Å². The molecule has 3 aromatic rings. The topological polar surface area (TPSA) is 77.6 Å². The van der Waals surface area contributed by atoms with Crippen LogP contribution in [0.3, 0.4) is 0 Å². The molecule has 7 nitrogen and oxygen atoms in total. The van der Waals surface area contributed by atoms with Crippen molar-refractivity contribution < 1.29 is 4.79 Å². The Hall–Kier alpha value is -2.38. The number of amides is 1. The third-order valence-corrected chi connectivity index (χ3v) is 5.41. The molecule has 9 heteroatoms. The Morgan fingerprint density at radius 2 is 2.04 bits per heavy atom. The third-order valence-electron chi connectivity index (χ3n) is 4.80. The summed E-state index contributed by atoms with van der Waals surface area (Å²) in [5.41, 5.74) is 2.73. The van der Waals surface area contributed by atoms with E-state index in [-0.39, 0.29) is 17.8 Å². The summed E-state index contributed by atoms with van der Waals surface area (Å²) < 4.78 is 3.36. The van der Waals surface area contributed by atoms with E-state index in [4.69, 9.17) is 23.2 Å². The summed E-state index contributed by atoms with van der Waals surface area (Å²) in [7, 11) is 1.92. The molecule has 140 valence electrons. The van der Waals surface area contributed by atoms with E-state index < -0.39 is 0 Å². The minimum absolute atomic E-state index is 0.0829. The summed E-state index contributed by atoms with van der Waals surface area (Å²) in [6.07, 6.45) is 4.64. The zero-order valence-corrected chi connectivity index (χ0v) is 16.4. The van der Waals surface area contributed by atoms with Gasteiger partial charge in [0.2, 0.25) is 5.82 Å². The van der Waals surface area contributed by atoms with E-state index >= 15 is 0 Å². The molecular formula is C18H18Cl2N6O. The lowest BCUT2D eigenvalue weighted by atomic mass is 9.93. The maximum Gasteiger partial charge on any atom is 0.291 e. The average Bonchev–Trinajstić information content (AvgIpc) is 3.20. The van der Waals surface area contributed by atoms with Crippen molar-refractivity contribution in [2.45, 2.75) is 32.2 Å². The first-order valence-electron chi connectivity index (χ1n) is 8.65.